The third kappa shape index (κ3) is 1.99. The first-order valence-electron chi connectivity index (χ1n) is 4.19. The van der Waals surface area contributed by atoms with Crippen LogP contribution in [-0.2, 0) is 0 Å². The number of phenols is 2. The zero-order valence-corrected chi connectivity index (χ0v) is 8.86. The zero-order chi connectivity index (χ0) is 11.0. The van der Waals surface area contributed by atoms with Gasteiger partial charge in [0.2, 0.25) is 0 Å². The first-order chi connectivity index (χ1) is 7.08. The van der Waals surface area contributed by atoms with E-state index in [1.54, 1.807) is 0 Å². The van der Waals surface area contributed by atoms with Crippen LogP contribution >= 0.6 is 12.4 Å². The molecule has 1 aromatic carbocycles. The number of nitrogens with two attached hydrogens (primary N) is 1. The van der Waals surface area contributed by atoms with Gasteiger partial charge < -0.3 is 15.9 Å². The van der Waals surface area contributed by atoms with Crippen LogP contribution in [0.3, 0.4) is 0 Å². The lowest BCUT2D eigenvalue weighted by Gasteiger charge is -2.02. The van der Waals surface area contributed by atoms with E-state index in [9.17, 15) is 15.0 Å². The number of fused-ring (bicyclic) bond motifs is 1. The lowest BCUT2D eigenvalue weighted by molar-refractivity contribution is 0.0996. The molecule has 0 spiro atoms. The Morgan fingerprint density at radius 3 is 2.25 bits per heavy atom. The van der Waals surface area contributed by atoms with Crippen LogP contribution in [0.5, 0.6) is 11.5 Å². The molecule has 0 atom stereocenters. The van der Waals surface area contributed by atoms with E-state index < -0.39 is 5.91 Å². The summed E-state index contributed by atoms with van der Waals surface area (Å²) in [5, 5.41) is 19.7. The molecule has 0 bridgehead atoms. The molecule has 5 nitrogen and oxygen atoms in total. The first-order valence-corrected chi connectivity index (χ1v) is 4.19. The first kappa shape index (κ1) is 12.1. The van der Waals surface area contributed by atoms with Crippen molar-refractivity contribution in [2.45, 2.75) is 0 Å². The number of amides is 1. The van der Waals surface area contributed by atoms with Gasteiger partial charge >= 0.3 is 0 Å². The summed E-state index contributed by atoms with van der Waals surface area (Å²) in [7, 11) is 0. The number of phenolic OH excluding ortho intramolecular Hbond substituents is 2. The summed E-state index contributed by atoms with van der Waals surface area (Å²) in [4.78, 5) is 14.7. The monoisotopic (exact) mass is 240 g/mol. The largest absolute Gasteiger partial charge is 0.504 e. The standard InChI is InChI=1S/C10H8N2O3.ClH/c11-10(15)7-1-5-2-8(13)9(14)3-6(5)4-12-7;/h1-4,13-14H,(H2,11,15);1H. The average molecular weight is 241 g/mol. The van der Waals surface area contributed by atoms with Crippen LogP contribution in [0, 0.1) is 0 Å². The highest BCUT2D eigenvalue weighted by atomic mass is 35.5. The predicted molar refractivity (Wildman–Crippen MR) is 60.8 cm³/mol. The van der Waals surface area contributed by atoms with E-state index in [0.29, 0.717) is 10.8 Å². The van der Waals surface area contributed by atoms with E-state index >= 15 is 0 Å². The van der Waals surface area contributed by atoms with Gasteiger partial charge in [0.15, 0.2) is 11.5 Å². The molecule has 2 aromatic rings. The third-order valence-electron chi connectivity index (χ3n) is 2.07. The fourth-order valence-electron chi connectivity index (χ4n) is 1.30. The van der Waals surface area contributed by atoms with Crippen LogP contribution < -0.4 is 5.73 Å². The second-order valence-corrected chi connectivity index (χ2v) is 3.12. The Balaban J connectivity index is 0.00000128. The topological polar surface area (TPSA) is 96.4 Å². The fraction of sp³-hybridized carbons (Fsp3) is 0. The molecule has 1 heterocycles. The second-order valence-electron chi connectivity index (χ2n) is 3.12. The number of benzene rings is 1. The van der Waals surface area contributed by atoms with Crippen molar-refractivity contribution in [3.63, 3.8) is 0 Å². The maximum atomic E-state index is 10.8. The lowest BCUT2D eigenvalue weighted by atomic mass is 10.1. The van der Waals surface area contributed by atoms with Crippen molar-refractivity contribution >= 4 is 29.1 Å². The number of hydrogen-bond donors (Lipinski definition) is 3. The molecular weight excluding hydrogens is 232 g/mol. The van der Waals surface area contributed by atoms with E-state index in [2.05, 4.69) is 4.98 Å². The smallest absolute Gasteiger partial charge is 0.267 e. The summed E-state index contributed by atoms with van der Waals surface area (Å²) >= 11 is 0. The Labute approximate surface area is 96.9 Å². The highest BCUT2D eigenvalue weighted by molar-refractivity contribution is 5.96. The van der Waals surface area contributed by atoms with Gasteiger partial charge in [0, 0.05) is 11.6 Å². The molecule has 0 aliphatic heterocycles. The minimum Gasteiger partial charge on any atom is -0.504 e. The molecule has 84 valence electrons. The second kappa shape index (κ2) is 4.24. The minimum atomic E-state index is -0.635. The van der Waals surface area contributed by atoms with Crippen LogP contribution in [0.1, 0.15) is 10.5 Å². The van der Waals surface area contributed by atoms with Crippen molar-refractivity contribution in [3.8, 4) is 11.5 Å². The molecular formula is C10H9ClN2O3. The Morgan fingerprint density at radius 2 is 1.69 bits per heavy atom. The molecule has 0 saturated carbocycles. The molecule has 1 amide bonds. The Bertz CT molecular complexity index is 557. The van der Waals surface area contributed by atoms with Gasteiger partial charge in [-0.15, -0.1) is 12.4 Å². The van der Waals surface area contributed by atoms with Gasteiger partial charge in [0.25, 0.3) is 5.91 Å². The number of aromatic nitrogens is 1. The molecule has 0 fully saturated rings. The third-order valence-corrected chi connectivity index (χ3v) is 2.07. The van der Waals surface area contributed by atoms with Gasteiger partial charge in [0.1, 0.15) is 5.69 Å². The molecule has 4 N–H and O–H groups in total. The number of primary amides is 1. The Kier molecular flexibility index (Phi) is 3.20. The highest BCUT2D eigenvalue weighted by Gasteiger charge is 2.06. The summed E-state index contributed by atoms with van der Waals surface area (Å²) in [5.41, 5.74) is 5.18. The minimum absolute atomic E-state index is 0. The number of pyridine rings is 1. The average Bonchev–Trinajstić information content (AvgIpc) is 2.19. The van der Waals surface area contributed by atoms with Crippen molar-refractivity contribution in [3.05, 3.63) is 30.1 Å². The number of rotatable bonds is 1. The number of nitrogens with zero attached hydrogens (tertiary/aromatic N) is 1. The van der Waals surface area contributed by atoms with Gasteiger partial charge in [-0.05, 0) is 23.6 Å². The number of halogens is 1. The maximum absolute atomic E-state index is 10.8. The van der Waals surface area contributed by atoms with Gasteiger partial charge in [-0.2, -0.15) is 0 Å². The summed E-state index contributed by atoms with van der Waals surface area (Å²) in [6, 6.07) is 4.16. The van der Waals surface area contributed by atoms with E-state index in [1.807, 2.05) is 0 Å². The molecule has 16 heavy (non-hydrogen) atoms. The van der Waals surface area contributed by atoms with E-state index in [-0.39, 0.29) is 29.6 Å². The van der Waals surface area contributed by atoms with Crippen molar-refractivity contribution in [2.75, 3.05) is 0 Å². The van der Waals surface area contributed by atoms with Gasteiger partial charge in [-0.3, -0.25) is 9.78 Å². The molecule has 2 rings (SSSR count). The molecule has 6 heteroatoms. The maximum Gasteiger partial charge on any atom is 0.267 e. The molecule has 0 aliphatic carbocycles. The van der Waals surface area contributed by atoms with Gasteiger partial charge in [0.05, 0.1) is 0 Å². The quantitative estimate of drug-likeness (QED) is 0.652. The molecule has 0 saturated heterocycles. The summed E-state index contributed by atoms with van der Waals surface area (Å²) < 4.78 is 0. The highest BCUT2D eigenvalue weighted by Crippen LogP contribution is 2.29. The normalized spacial score (nSPS) is 9.75. The van der Waals surface area contributed by atoms with Gasteiger partial charge in [-0.1, -0.05) is 0 Å². The summed E-state index contributed by atoms with van der Waals surface area (Å²) in [6.45, 7) is 0. The van der Waals surface area contributed by atoms with E-state index in [0.717, 1.165) is 0 Å². The molecule has 0 radical (unpaired) electrons. The van der Waals surface area contributed by atoms with Gasteiger partial charge in [-0.25, -0.2) is 0 Å². The van der Waals surface area contributed by atoms with Crippen molar-refractivity contribution < 1.29 is 15.0 Å². The Hall–Kier alpha value is -2.01. The van der Waals surface area contributed by atoms with Crippen molar-refractivity contribution in [1.29, 1.82) is 0 Å². The number of carbonyl (C=O) groups is 1. The predicted octanol–water partition coefficient (Wildman–Crippen LogP) is 1.17. The van der Waals surface area contributed by atoms with Crippen molar-refractivity contribution in [1.82, 2.24) is 4.98 Å². The number of hydrogen-bond acceptors (Lipinski definition) is 4. The molecule has 0 aliphatic rings. The Morgan fingerprint density at radius 1 is 1.12 bits per heavy atom. The van der Waals surface area contributed by atoms with Crippen molar-refractivity contribution in [2.24, 2.45) is 5.73 Å². The van der Waals surface area contributed by atoms with E-state index in [1.165, 1.54) is 24.4 Å². The van der Waals surface area contributed by atoms with Crippen LogP contribution in [0.4, 0.5) is 0 Å². The van der Waals surface area contributed by atoms with Crippen LogP contribution in [-0.4, -0.2) is 21.1 Å². The van der Waals surface area contributed by atoms with Crippen LogP contribution in [0.2, 0.25) is 0 Å². The summed E-state index contributed by atoms with van der Waals surface area (Å²) in [6.07, 6.45) is 1.41. The van der Waals surface area contributed by atoms with Crippen LogP contribution in [0.15, 0.2) is 24.4 Å². The number of carbonyl (C=O) groups excluding carboxylic acids is 1. The summed E-state index contributed by atoms with van der Waals surface area (Å²) in [5.74, 6) is -1.11. The lowest BCUT2D eigenvalue weighted by Crippen LogP contribution is -2.12. The molecule has 1 aromatic heterocycles. The van der Waals surface area contributed by atoms with E-state index in [4.69, 9.17) is 5.73 Å². The number of aromatic hydroxyl groups is 2. The zero-order valence-electron chi connectivity index (χ0n) is 8.04. The molecule has 0 unspecified atom stereocenters. The SMILES string of the molecule is Cl.NC(=O)c1cc2cc(O)c(O)cc2cn1. The fourth-order valence-corrected chi connectivity index (χ4v) is 1.30. The van der Waals surface area contributed by atoms with Crippen LogP contribution in [0.25, 0.3) is 10.8 Å².